The van der Waals surface area contributed by atoms with Crippen LogP contribution in [0.5, 0.6) is 0 Å². The first-order valence-corrected chi connectivity index (χ1v) is 11.9. The third-order valence-corrected chi connectivity index (χ3v) is 6.32. The molecule has 2 N–H and O–H groups in total. The van der Waals surface area contributed by atoms with Gasteiger partial charge in [-0.2, -0.15) is 0 Å². The highest BCUT2D eigenvalue weighted by atomic mass is 32.2. The Morgan fingerprint density at radius 1 is 1.06 bits per heavy atom. The van der Waals surface area contributed by atoms with Crippen LogP contribution in [0.15, 0.2) is 30.3 Å². The third kappa shape index (κ3) is 5.22. The Labute approximate surface area is 183 Å². The number of carbonyl (C=O) groups excluding carboxylic acids is 1. The van der Waals surface area contributed by atoms with Crippen LogP contribution in [0.2, 0.25) is 0 Å². The monoisotopic (exact) mass is 443 g/mol. The first kappa shape index (κ1) is 22.7. The molecule has 0 fully saturated rings. The summed E-state index contributed by atoms with van der Waals surface area (Å²) >= 11 is 0. The molecule has 3 rings (SSSR count). The molecule has 0 aliphatic heterocycles. The molecule has 1 aromatic heterocycles. The van der Waals surface area contributed by atoms with E-state index in [1.807, 2.05) is 46.8 Å². The SMILES string of the molecule is Cc1cc(C(C)C)c(NC(=O)NS(=O)(=O)Cc2ccc3nnn(C)c3c2)c(C(C)C)c1. The van der Waals surface area contributed by atoms with Crippen molar-refractivity contribution in [1.82, 2.24) is 19.7 Å². The molecule has 0 atom stereocenters. The maximum atomic E-state index is 12.7. The van der Waals surface area contributed by atoms with Crippen LogP contribution in [0.4, 0.5) is 10.5 Å². The van der Waals surface area contributed by atoms with E-state index in [-0.39, 0.29) is 17.6 Å². The van der Waals surface area contributed by atoms with E-state index in [9.17, 15) is 13.2 Å². The summed E-state index contributed by atoms with van der Waals surface area (Å²) in [5.41, 5.74) is 5.67. The largest absolute Gasteiger partial charge is 0.332 e. The maximum Gasteiger partial charge on any atom is 0.332 e. The first-order chi connectivity index (χ1) is 14.5. The van der Waals surface area contributed by atoms with Gasteiger partial charge in [-0.25, -0.2) is 22.6 Å². The lowest BCUT2D eigenvalue weighted by Gasteiger charge is -2.21. The molecule has 2 aromatic carbocycles. The zero-order valence-corrected chi connectivity index (χ0v) is 19.5. The average molecular weight is 444 g/mol. The summed E-state index contributed by atoms with van der Waals surface area (Å²) in [5, 5.41) is 10.7. The van der Waals surface area contributed by atoms with E-state index in [1.165, 1.54) is 0 Å². The minimum atomic E-state index is -3.91. The molecule has 1 heterocycles. The number of nitrogens with zero attached hydrogens (tertiary/aromatic N) is 3. The zero-order chi connectivity index (χ0) is 22.9. The second-order valence-electron chi connectivity index (χ2n) is 8.48. The Kier molecular flexibility index (Phi) is 6.35. The van der Waals surface area contributed by atoms with Gasteiger partial charge in [0.05, 0.1) is 11.3 Å². The molecule has 31 heavy (non-hydrogen) atoms. The van der Waals surface area contributed by atoms with Crippen molar-refractivity contribution in [2.45, 2.75) is 52.2 Å². The topological polar surface area (TPSA) is 106 Å². The second-order valence-corrected chi connectivity index (χ2v) is 10.2. The van der Waals surface area contributed by atoms with Gasteiger partial charge in [0.2, 0.25) is 10.0 Å². The van der Waals surface area contributed by atoms with Gasteiger partial charge >= 0.3 is 6.03 Å². The molecule has 0 unspecified atom stereocenters. The van der Waals surface area contributed by atoms with Gasteiger partial charge in [0, 0.05) is 12.7 Å². The maximum absolute atomic E-state index is 12.7. The van der Waals surface area contributed by atoms with E-state index >= 15 is 0 Å². The number of sulfonamides is 1. The van der Waals surface area contributed by atoms with Crippen molar-refractivity contribution >= 4 is 32.8 Å². The lowest BCUT2D eigenvalue weighted by Crippen LogP contribution is -2.35. The van der Waals surface area contributed by atoms with Crippen molar-refractivity contribution in [2.75, 3.05) is 5.32 Å². The third-order valence-electron chi connectivity index (χ3n) is 5.11. The molecular weight excluding hydrogens is 414 g/mol. The number of rotatable bonds is 6. The number of hydrogen-bond acceptors (Lipinski definition) is 5. The van der Waals surface area contributed by atoms with Crippen molar-refractivity contribution in [3.8, 4) is 0 Å². The summed E-state index contributed by atoms with van der Waals surface area (Å²) in [5.74, 6) is 0.0100. The number of aromatic nitrogens is 3. The van der Waals surface area contributed by atoms with Crippen LogP contribution in [0.1, 0.15) is 61.8 Å². The molecule has 9 heteroatoms. The summed E-state index contributed by atoms with van der Waals surface area (Å²) in [6, 6.07) is 8.37. The smallest absolute Gasteiger partial charge is 0.307 e. The lowest BCUT2D eigenvalue weighted by molar-refractivity contribution is 0.256. The molecule has 0 saturated heterocycles. The van der Waals surface area contributed by atoms with Gasteiger partial charge in [-0.1, -0.05) is 56.7 Å². The fourth-order valence-electron chi connectivity index (χ4n) is 3.60. The molecular formula is C22H29N5O3S. The molecule has 2 amide bonds. The molecule has 8 nitrogen and oxygen atoms in total. The van der Waals surface area contributed by atoms with E-state index in [0.29, 0.717) is 16.8 Å². The minimum absolute atomic E-state index is 0.170. The Bertz CT molecular complexity index is 1200. The Morgan fingerprint density at radius 3 is 2.26 bits per heavy atom. The van der Waals surface area contributed by atoms with Crippen LogP contribution in [-0.4, -0.2) is 29.4 Å². The molecule has 0 aliphatic carbocycles. The number of urea groups is 1. The number of nitrogens with one attached hydrogen (secondary N) is 2. The van der Waals surface area contributed by atoms with Crippen LogP contribution >= 0.6 is 0 Å². The van der Waals surface area contributed by atoms with Crippen LogP contribution in [0, 0.1) is 6.92 Å². The van der Waals surface area contributed by atoms with Gasteiger partial charge in [-0.15, -0.1) is 5.10 Å². The number of carbonyl (C=O) groups is 1. The highest BCUT2D eigenvalue weighted by Gasteiger charge is 2.21. The second kappa shape index (κ2) is 8.66. The average Bonchev–Trinajstić information content (AvgIpc) is 3.02. The minimum Gasteiger partial charge on any atom is -0.307 e. The zero-order valence-electron chi connectivity index (χ0n) is 18.7. The molecule has 166 valence electrons. The Hall–Kier alpha value is -2.94. The fourth-order valence-corrected chi connectivity index (χ4v) is 4.62. The fraction of sp³-hybridized carbons (Fsp3) is 0.409. The number of benzene rings is 2. The summed E-state index contributed by atoms with van der Waals surface area (Å²) in [6.45, 7) is 10.2. The van der Waals surface area contributed by atoms with Crippen LogP contribution < -0.4 is 10.0 Å². The quantitative estimate of drug-likeness (QED) is 0.595. The van der Waals surface area contributed by atoms with E-state index in [4.69, 9.17) is 0 Å². The lowest BCUT2D eigenvalue weighted by atomic mass is 9.90. The first-order valence-electron chi connectivity index (χ1n) is 10.2. The molecule has 0 spiro atoms. The predicted molar refractivity (Wildman–Crippen MR) is 123 cm³/mol. The molecule has 0 aliphatic rings. The molecule has 3 aromatic rings. The van der Waals surface area contributed by atoms with Gasteiger partial charge in [-0.05, 0) is 47.6 Å². The van der Waals surface area contributed by atoms with Crippen molar-refractivity contribution in [1.29, 1.82) is 0 Å². The summed E-state index contributed by atoms with van der Waals surface area (Å²) in [6.07, 6.45) is 0. The highest BCUT2D eigenvalue weighted by molar-refractivity contribution is 7.89. The number of anilines is 1. The summed E-state index contributed by atoms with van der Waals surface area (Å²) in [4.78, 5) is 12.7. The van der Waals surface area contributed by atoms with Gasteiger partial charge in [0.25, 0.3) is 0 Å². The van der Waals surface area contributed by atoms with E-state index in [0.717, 1.165) is 22.2 Å². The summed E-state index contributed by atoms with van der Waals surface area (Å²) < 4.78 is 29.0. The van der Waals surface area contributed by atoms with Crippen LogP contribution in [0.3, 0.4) is 0 Å². The molecule has 0 saturated carbocycles. The van der Waals surface area contributed by atoms with Crippen LogP contribution in [-0.2, 0) is 22.8 Å². The Balaban J connectivity index is 1.81. The van der Waals surface area contributed by atoms with Crippen molar-refractivity contribution in [2.24, 2.45) is 7.05 Å². The highest BCUT2D eigenvalue weighted by Crippen LogP contribution is 2.33. The number of amides is 2. The van der Waals surface area contributed by atoms with Gasteiger partial charge in [0.15, 0.2) is 0 Å². The van der Waals surface area contributed by atoms with Gasteiger partial charge in [-0.3, -0.25) is 0 Å². The van der Waals surface area contributed by atoms with E-state index < -0.39 is 16.1 Å². The number of hydrogen-bond donors (Lipinski definition) is 2. The van der Waals surface area contributed by atoms with Gasteiger partial charge in [0.1, 0.15) is 5.52 Å². The Morgan fingerprint density at radius 2 is 1.68 bits per heavy atom. The van der Waals surface area contributed by atoms with Crippen LogP contribution in [0.25, 0.3) is 11.0 Å². The van der Waals surface area contributed by atoms with Crippen molar-refractivity contribution in [3.63, 3.8) is 0 Å². The normalized spacial score (nSPS) is 12.0. The predicted octanol–water partition coefficient (Wildman–Crippen LogP) is 4.18. The van der Waals surface area contributed by atoms with E-state index in [2.05, 4.69) is 20.4 Å². The van der Waals surface area contributed by atoms with Crippen molar-refractivity contribution < 1.29 is 13.2 Å². The molecule has 0 radical (unpaired) electrons. The molecule has 0 bridgehead atoms. The van der Waals surface area contributed by atoms with E-state index in [1.54, 1.807) is 29.9 Å². The van der Waals surface area contributed by atoms with Gasteiger partial charge < -0.3 is 5.32 Å². The number of fused-ring (bicyclic) bond motifs is 1. The summed E-state index contributed by atoms with van der Waals surface area (Å²) in [7, 11) is -2.17. The standard InChI is InChI=1S/C22H29N5O3S/c1-13(2)17-9-15(5)10-18(14(3)4)21(17)23-22(28)25-31(29,30)12-16-7-8-19-20(11-16)27(6)26-24-19/h7-11,13-14H,12H2,1-6H3,(H2,23,25,28). The van der Waals surface area contributed by atoms with Crippen molar-refractivity contribution in [3.05, 3.63) is 52.6 Å². The number of aryl methyl sites for hydroxylation is 2.